The van der Waals surface area contributed by atoms with Crippen LogP contribution in [0.4, 0.5) is 0 Å². The van der Waals surface area contributed by atoms with Gasteiger partial charge in [-0.25, -0.2) is 4.99 Å². The SMILES string of the molecule is CCNC(=NCc1c(C)nn(CCOC)c1C)NCC1(CCO)CCCCC1. The van der Waals surface area contributed by atoms with Crippen LogP contribution in [0.25, 0.3) is 0 Å². The van der Waals surface area contributed by atoms with E-state index in [0.717, 1.165) is 43.4 Å². The molecule has 1 aliphatic rings. The second kappa shape index (κ2) is 11.4. The molecule has 0 aliphatic heterocycles. The third-order valence-electron chi connectivity index (χ3n) is 5.97. The van der Waals surface area contributed by atoms with Crippen molar-refractivity contribution < 1.29 is 9.84 Å². The van der Waals surface area contributed by atoms with E-state index in [0.29, 0.717) is 13.2 Å². The number of ether oxygens (including phenoxy) is 1. The first kappa shape index (κ1) is 22.7. The van der Waals surface area contributed by atoms with E-state index in [9.17, 15) is 5.11 Å². The topological polar surface area (TPSA) is 83.7 Å². The van der Waals surface area contributed by atoms with Gasteiger partial charge < -0.3 is 20.5 Å². The average Bonchev–Trinajstić information content (AvgIpc) is 2.96. The fourth-order valence-electron chi connectivity index (χ4n) is 4.18. The molecule has 0 radical (unpaired) electrons. The highest BCUT2D eigenvalue weighted by atomic mass is 16.5. The second-order valence-electron chi connectivity index (χ2n) is 7.95. The first-order valence-electron chi connectivity index (χ1n) is 10.7. The summed E-state index contributed by atoms with van der Waals surface area (Å²) in [4.78, 5) is 4.82. The molecule has 0 unspecified atom stereocenters. The smallest absolute Gasteiger partial charge is 0.191 e. The summed E-state index contributed by atoms with van der Waals surface area (Å²) in [5, 5.41) is 21.1. The minimum absolute atomic E-state index is 0.195. The van der Waals surface area contributed by atoms with Crippen molar-refractivity contribution in [2.24, 2.45) is 10.4 Å². The number of guanidine groups is 1. The molecule has 1 heterocycles. The van der Waals surface area contributed by atoms with Crippen LogP contribution in [0.15, 0.2) is 4.99 Å². The van der Waals surface area contributed by atoms with E-state index in [4.69, 9.17) is 9.73 Å². The van der Waals surface area contributed by atoms with Gasteiger partial charge in [0.1, 0.15) is 0 Å². The van der Waals surface area contributed by atoms with Gasteiger partial charge in [-0.2, -0.15) is 5.10 Å². The third kappa shape index (κ3) is 6.21. The van der Waals surface area contributed by atoms with Gasteiger partial charge in [0.15, 0.2) is 5.96 Å². The normalized spacial score (nSPS) is 17.0. The van der Waals surface area contributed by atoms with Crippen LogP contribution in [-0.4, -0.2) is 54.3 Å². The lowest BCUT2D eigenvalue weighted by Crippen LogP contribution is -2.45. The maximum absolute atomic E-state index is 9.54. The van der Waals surface area contributed by atoms with Crippen molar-refractivity contribution in [2.75, 3.05) is 33.4 Å². The predicted octanol–water partition coefficient (Wildman–Crippen LogP) is 2.53. The number of rotatable bonds is 10. The zero-order valence-corrected chi connectivity index (χ0v) is 18.2. The summed E-state index contributed by atoms with van der Waals surface area (Å²) in [6.07, 6.45) is 7.06. The monoisotopic (exact) mass is 393 g/mol. The van der Waals surface area contributed by atoms with E-state index >= 15 is 0 Å². The molecule has 3 N–H and O–H groups in total. The van der Waals surface area contributed by atoms with Gasteiger partial charge in [0.2, 0.25) is 0 Å². The summed E-state index contributed by atoms with van der Waals surface area (Å²) in [5.74, 6) is 0.842. The number of hydrogen-bond acceptors (Lipinski definition) is 4. The highest BCUT2D eigenvalue weighted by molar-refractivity contribution is 5.79. The van der Waals surface area contributed by atoms with Crippen LogP contribution in [0.5, 0.6) is 0 Å². The highest BCUT2D eigenvalue weighted by Crippen LogP contribution is 2.38. The van der Waals surface area contributed by atoms with Gasteiger partial charge >= 0.3 is 0 Å². The number of hydrogen-bond donors (Lipinski definition) is 3. The van der Waals surface area contributed by atoms with Gasteiger partial charge in [0.05, 0.1) is 25.4 Å². The summed E-state index contributed by atoms with van der Waals surface area (Å²) < 4.78 is 7.17. The minimum atomic E-state index is 0.195. The van der Waals surface area contributed by atoms with Crippen molar-refractivity contribution >= 4 is 5.96 Å². The predicted molar refractivity (Wildman–Crippen MR) is 114 cm³/mol. The lowest BCUT2D eigenvalue weighted by atomic mass is 9.72. The van der Waals surface area contributed by atoms with Crippen molar-refractivity contribution in [3.63, 3.8) is 0 Å². The van der Waals surface area contributed by atoms with Gasteiger partial charge in [0, 0.05) is 38.1 Å². The molecule has 0 saturated heterocycles. The third-order valence-corrected chi connectivity index (χ3v) is 5.97. The Labute approximate surface area is 170 Å². The van der Waals surface area contributed by atoms with Crippen molar-refractivity contribution in [1.82, 2.24) is 20.4 Å². The number of aliphatic hydroxyl groups is 1. The molecular formula is C21H39N5O2. The summed E-state index contributed by atoms with van der Waals surface area (Å²) in [7, 11) is 1.71. The highest BCUT2D eigenvalue weighted by Gasteiger charge is 2.31. The van der Waals surface area contributed by atoms with Crippen LogP contribution in [0.2, 0.25) is 0 Å². The summed E-state index contributed by atoms with van der Waals surface area (Å²) in [6.45, 7) is 10.2. The lowest BCUT2D eigenvalue weighted by molar-refractivity contribution is 0.131. The molecule has 28 heavy (non-hydrogen) atoms. The maximum Gasteiger partial charge on any atom is 0.191 e. The van der Waals surface area contributed by atoms with Gasteiger partial charge in [-0.05, 0) is 45.4 Å². The largest absolute Gasteiger partial charge is 0.396 e. The Hall–Kier alpha value is -1.60. The van der Waals surface area contributed by atoms with Crippen LogP contribution in [0.1, 0.15) is 62.4 Å². The zero-order chi connectivity index (χ0) is 20.4. The fourth-order valence-corrected chi connectivity index (χ4v) is 4.18. The van der Waals surface area contributed by atoms with E-state index in [1.165, 1.54) is 37.7 Å². The fraction of sp³-hybridized carbons (Fsp3) is 0.810. The molecule has 2 rings (SSSR count). The molecule has 1 saturated carbocycles. The van der Waals surface area contributed by atoms with E-state index < -0.39 is 0 Å². The van der Waals surface area contributed by atoms with Gasteiger partial charge in [0.25, 0.3) is 0 Å². The Morgan fingerprint density at radius 1 is 1.25 bits per heavy atom. The second-order valence-corrected chi connectivity index (χ2v) is 7.95. The van der Waals surface area contributed by atoms with Crippen molar-refractivity contribution in [2.45, 2.75) is 72.4 Å². The Morgan fingerprint density at radius 3 is 2.64 bits per heavy atom. The number of nitrogens with one attached hydrogen (secondary N) is 2. The van der Waals surface area contributed by atoms with Crippen LogP contribution >= 0.6 is 0 Å². The number of nitrogens with zero attached hydrogens (tertiary/aromatic N) is 3. The molecule has 0 atom stereocenters. The summed E-state index contributed by atoms with van der Waals surface area (Å²) in [6, 6.07) is 0. The molecule has 1 aromatic rings. The minimum Gasteiger partial charge on any atom is -0.396 e. The van der Waals surface area contributed by atoms with E-state index in [-0.39, 0.29) is 12.0 Å². The van der Waals surface area contributed by atoms with E-state index in [1.807, 2.05) is 11.6 Å². The van der Waals surface area contributed by atoms with Gasteiger partial charge in [-0.1, -0.05) is 19.3 Å². The quantitative estimate of drug-likeness (QED) is 0.420. The molecule has 1 aliphatic carbocycles. The van der Waals surface area contributed by atoms with E-state index in [1.54, 1.807) is 7.11 Å². The Bertz CT molecular complexity index is 615. The molecule has 0 aromatic carbocycles. The molecule has 0 amide bonds. The van der Waals surface area contributed by atoms with Gasteiger partial charge in [-0.15, -0.1) is 0 Å². The molecule has 7 heteroatoms. The Kier molecular flexibility index (Phi) is 9.25. The summed E-state index contributed by atoms with van der Waals surface area (Å²) in [5.41, 5.74) is 3.55. The lowest BCUT2D eigenvalue weighted by Gasteiger charge is -2.37. The zero-order valence-electron chi connectivity index (χ0n) is 18.2. The van der Waals surface area contributed by atoms with Gasteiger partial charge in [-0.3, -0.25) is 4.68 Å². The molecule has 0 bridgehead atoms. The summed E-state index contributed by atoms with van der Waals surface area (Å²) >= 11 is 0. The van der Waals surface area contributed by atoms with E-state index in [2.05, 4.69) is 29.6 Å². The number of aliphatic hydroxyl groups excluding tert-OH is 1. The number of aryl methyl sites for hydroxylation is 1. The van der Waals surface area contributed by atoms with Crippen LogP contribution < -0.4 is 10.6 Å². The molecule has 1 aromatic heterocycles. The molecular weight excluding hydrogens is 354 g/mol. The van der Waals surface area contributed by atoms with Crippen molar-refractivity contribution in [3.05, 3.63) is 17.0 Å². The number of aromatic nitrogens is 2. The van der Waals surface area contributed by atoms with Crippen LogP contribution in [0, 0.1) is 19.3 Å². The maximum atomic E-state index is 9.54. The van der Waals surface area contributed by atoms with Crippen molar-refractivity contribution in [3.8, 4) is 0 Å². The first-order chi connectivity index (χ1) is 13.5. The molecule has 160 valence electrons. The Balaban J connectivity index is 2.04. The molecule has 1 fully saturated rings. The molecule has 0 spiro atoms. The Morgan fingerprint density at radius 2 is 2.00 bits per heavy atom. The van der Waals surface area contributed by atoms with Crippen LogP contribution in [0.3, 0.4) is 0 Å². The first-order valence-corrected chi connectivity index (χ1v) is 10.7. The number of methoxy groups -OCH3 is 1. The average molecular weight is 394 g/mol. The molecule has 7 nitrogen and oxygen atoms in total. The number of aliphatic imine (C=N–C) groups is 1. The van der Waals surface area contributed by atoms with Crippen molar-refractivity contribution in [1.29, 1.82) is 0 Å². The standard InChI is InChI=1S/C21H39N5O2/c1-5-22-20(24-16-21(11-13-27)9-7-6-8-10-21)23-15-19-17(2)25-26(18(19)3)12-14-28-4/h27H,5-16H2,1-4H3,(H2,22,23,24). The van der Waals surface area contributed by atoms with Crippen LogP contribution in [-0.2, 0) is 17.8 Å².